The molecule has 0 aliphatic rings. The number of nitrogen functional groups attached to an aromatic ring is 1. The van der Waals surface area contributed by atoms with Crippen LogP contribution in [0.5, 0.6) is 0 Å². The van der Waals surface area contributed by atoms with Crippen LogP contribution in [0.15, 0.2) is 49.0 Å². The largest absolute Gasteiger partial charge is 0.397 e. The van der Waals surface area contributed by atoms with Gasteiger partial charge in [-0.1, -0.05) is 18.7 Å². The van der Waals surface area contributed by atoms with E-state index in [2.05, 4.69) is 11.9 Å². The molecule has 3 N–H and O–H groups in total. The smallest absolute Gasteiger partial charge is 0.125 e. The minimum absolute atomic E-state index is 0.290. The summed E-state index contributed by atoms with van der Waals surface area (Å²) in [5, 5.41) is 2.96. The molecule has 18 heavy (non-hydrogen) atoms. The topological polar surface area (TPSA) is 38.0 Å². The van der Waals surface area contributed by atoms with Crippen molar-refractivity contribution in [1.29, 1.82) is 0 Å². The SMILES string of the molecule is C=C(Nc1ccc(F)cc1N)c1ccc(F)cc1. The van der Waals surface area contributed by atoms with E-state index in [4.69, 9.17) is 5.73 Å². The minimum atomic E-state index is -0.398. The van der Waals surface area contributed by atoms with Crippen molar-refractivity contribution in [2.24, 2.45) is 0 Å². The summed E-state index contributed by atoms with van der Waals surface area (Å²) in [6.07, 6.45) is 0. The summed E-state index contributed by atoms with van der Waals surface area (Å²) in [5.41, 5.74) is 7.82. The number of anilines is 2. The number of benzene rings is 2. The highest BCUT2D eigenvalue weighted by molar-refractivity contribution is 5.80. The van der Waals surface area contributed by atoms with Gasteiger partial charge >= 0.3 is 0 Å². The van der Waals surface area contributed by atoms with Crippen molar-refractivity contribution in [2.45, 2.75) is 0 Å². The molecule has 0 aromatic heterocycles. The number of halogens is 2. The van der Waals surface area contributed by atoms with E-state index in [1.807, 2.05) is 0 Å². The predicted molar refractivity (Wildman–Crippen MR) is 69.9 cm³/mol. The summed E-state index contributed by atoms with van der Waals surface area (Å²) in [6, 6.07) is 9.94. The molecule has 0 atom stereocenters. The molecule has 0 aliphatic heterocycles. The van der Waals surface area contributed by atoms with Gasteiger partial charge in [-0.3, -0.25) is 0 Å². The molecule has 2 aromatic rings. The zero-order chi connectivity index (χ0) is 13.1. The number of hydrogen-bond donors (Lipinski definition) is 2. The van der Waals surface area contributed by atoms with Crippen molar-refractivity contribution < 1.29 is 8.78 Å². The maximum absolute atomic E-state index is 12.9. The van der Waals surface area contributed by atoms with Crippen molar-refractivity contribution >= 4 is 17.1 Å². The Kier molecular flexibility index (Phi) is 3.28. The average molecular weight is 246 g/mol. The summed E-state index contributed by atoms with van der Waals surface area (Å²) in [7, 11) is 0. The average Bonchev–Trinajstić information content (AvgIpc) is 2.33. The molecule has 2 rings (SSSR count). The van der Waals surface area contributed by atoms with E-state index >= 15 is 0 Å². The van der Waals surface area contributed by atoms with Crippen molar-refractivity contribution in [3.63, 3.8) is 0 Å². The van der Waals surface area contributed by atoms with Gasteiger partial charge in [0.25, 0.3) is 0 Å². The van der Waals surface area contributed by atoms with Crippen molar-refractivity contribution in [3.05, 3.63) is 66.2 Å². The van der Waals surface area contributed by atoms with Gasteiger partial charge < -0.3 is 11.1 Å². The third-order valence-electron chi connectivity index (χ3n) is 2.49. The van der Waals surface area contributed by atoms with Crippen molar-refractivity contribution in [1.82, 2.24) is 0 Å². The first kappa shape index (κ1) is 12.1. The lowest BCUT2D eigenvalue weighted by Gasteiger charge is -2.12. The Morgan fingerprint density at radius 1 is 1.00 bits per heavy atom. The number of rotatable bonds is 3. The Bertz CT molecular complexity index is 577. The first-order valence-electron chi connectivity index (χ1n) is 5.33. The van der Waals surface area contributed by atoms with Crippen LogP contribution in [0.1, 0.15) is 5.56 Å². The van der Waals surface area contributed by atoms with E-state index in [0.717, 1.165) is 5.56 Å². The van der Waals surface area contributed by atoms with Crippen LogP contribution in [0.2, 0.25) is 0 Å². The fraction of sp³-hybridized carbons (Fsp3) is 0. The van der Waals surface area contributed by atoms with Gasteiger partial charge in [-0.2, -0.15) is 0 Å². The normalized spacial score (nSPS) is 10.1. The summed E-state index contributed by atoms with van der Waals surface area (Å²) >= 11 is 0. The summed E-state index contributed by atoms with van der Waals surface area (Å²) in [6.45, 7) is 3.83. The van der Waals surface area contributed by atoms with E-state index in [1.54, 1.807) is 12.1 Å². The van der Waals surface area contributed by atoms with Gasteiger partial charge in [0.2, 0.25) is 0 Å². The van der Waals surface area contributed by atoms with Crippen LogP contribution in [0.3, 0.4) is 0 Å². The minimum Gasteiger partial charge on any atom is -0.397 e. The van der Waals surface area contributed by atoms with Crippen LogP contribution in [0, 0.1) is 11.6 Å². The highest BCUT2D eigenvalue weighted by Crippen LogP contribution is 2.23. The fourth-order valence-corrected chi connectivity index (χ4v) is 1.53. The maximum Gasteiger partial charge on any atom is 0.125 e. The third kappa shape index (κ3) is 2.66. The molecule has 0 amide bonds. The molecule has 0 spiro atoms. The molecule has 0 bridgehead atoms. The molecule has 0 aliphatic carbocycles. The lowest BCUT2D eigenvalue weighted by Crippen LogP contribution is -2.01. The van der Waals surface area contributed by atoms with Crippen LogP contribution in [0.25, 0.3) is 5.70 Å². The van der Waals surface area contributed by atoms with E-state index in [1.165, 1.54) is 30.3 Å². The van der Waals surface area contributed by atoms with Gasteiger partial charge in [0, 0.05) is 5.70 Å². The zero-order valence-corrected chi connectivity index (χ0v) is 9.58. The summed E-state index contributed by atoms with van der Waals surface area (Å²) in [4.78, 5) is 0. The lowest BCUT2D eigenvalue weighted by molar-refractivity contribution is 0.627. The van der Waals surface area contributed by atoms with Crippen molar-refractivity contribution in [2.75, 3.05) is 11.1 Å². The second-order valence-corrected chi connectivity index (χ2v) is 3.84. The molecule has 0 unspecified atom stereocenters. The van der Waals surface area contributed by atoms with Gasteiger partial charge in [-0.25, -0.2) is 8.78 Å². The van der Waals surface area contributed by atoms with Crippen LogP contribution in [0.4, 0.5) is 20.2 Å². The molecular weight excluding hydrogens is 234 g/mol. The standard InChI is InChI=1S/C14H12F2N2/c1-9(10-2-4-11(15)5-3-10)18-14-7-6-12(16)8-13(14)17/h2-8,18H,1,17H2. The second kappa shape index (κ2) is 4.87. The highest BCUT2D eigenvalue weighted by Gasteiger charge is 2.04. The molecule has 4 heteroatoms. The van der Waals surface area contributed by atoms with Gasteiger partial charge in [-0.15, -0.1) is 0 Å². The number of nitrogens with one attached hydrogen (secondary N) is 1. The van der Waals surface area contributed by atoms with Crippen LogP contribution >= 0.6 is 0 Å². The summed E-state index contributed by atoms with van der Waals surface area (Å²) in [5.74, 6) is -0.710. The van der Waals surface area contributed by atoms with Crippen LogP contribution in [-0.2, 0) is 0 Å². The second-order valence-electron chi connectivity index (χ2n) is 3.84. The van der Waals surface area contributed by atoms with E-state index < -0.39 is 5.82 Å². The van der Waals surface area contributed by atoms with Gasteiger partial charge in [-0.05, 0) is 35.9 Å². The molecule has 0 heterocycles. The quantitative estimate of drug-likeness (QED) is 0.811. The Hall–Kier alpha value is -2.36. The number of nitrogens with two attached hydrogens (primary N) is 1. The molecule has 0 saturated carbocycles. The Balaban J connectivity index is 2.18. The molecule has 0 fully saturated rings. The van der Waals surface area contributed by atoms with Crippen LogP contribution in [-0.4, -0.2) is 0 Å². The fourth-order valence-electron chi connectivity index (χ4n) is 1.53. The van der Waals surface area contributed by atoms with Gasteiger partial charge in [0.15, 0.2) is 0 Å². The summed E-state index contributed by atoms with van der Waals surface area (Å²) < 4.78 is 25.7. The molecular formula is C14H12F2N2. The zero-order valence-electron chi connectivity index (χ0n) is 9.58. The molecule has 92 valence electrons. The van der Waals surface area contributed by atoms with E-state index in [-0.39, 0.29) is 5.82 Å². The molecule has 2 nitrogen and oxygen atoms in total. The Morgan fingerprint density at radius 2 is 1.61 bits per heavy atom. The monoisotopic (exact) mass is 246 g/mol. The molecule has 0 saturated heterocycles. The van der Waals surface area contributed by atoms with Crippen molar-refractivity contribution in [3.8, 4) is 0 Å². The predicted octanol–water partition coefficient (Wildman–Crippen LogP) is 3.63. The Labute approximate surface area is 104 Å². The maximum atomic E-state index is 12.9. The first-order chi connectivity index (χ1) is 8.56. The van der Waals surface area contributed by atoms with Gasteiger partial charge in [0.1, 0.15) is 11.6 Å². The van der Waals surface area contributed by atoms with E-state index in [0.29, 0.717) is 17.1 Å². The van der Waals surface area contributed by atoms with Crippen LogP contribution < -0.4 is 11.1 Å². The van der Waals surface area contributed by atoms with Gasteiger partial charge in [0.05, 0.1) is 11.4 Å². The third-order valence-corrected chi connectivity index (χ3v) is 2.49. The molecule has 0 radical (unpaired) electrons. The van der Waals surface area contributed by atoms with E-state index in [9.17, 15) is 8.78 Å². The lowest BCUT2D eigenvalue weighted by atomic mass is 10.1. The first-order valence-corrected chi connectivity index (χ1v) is 5.33. The Morgan fingerprint density at radius 3 is 2.22 bits per heavy atom. The highest BCUT2D eigenvalue weighted by atomic mass is 19.1. The molecule has 2 aromatic carbocycles. The number of hydrogen-bond acceptors (Lipinski definition) is 2.